The maximum absolute atomic E-state index is 12.2. The van der Waals surface area contributed by atoms with Gasteiger partial charge in [-0.1, -0.05) is 18.2 Å². The molecule has 1 atom stereocenters. The number of fused-ring (bicyclic) bond motifs is 1. The Kier molecular flexibility index (Phi) is 5.17. The van der Waals surface area contributed by atoms with Crippen LogP contribution in [-0.2, 0) is 4.79 Å². The van der Waals surface area contributed by atoms with Crippen LogP contribution in [0, 0.1) is 11.3 Å². The summed E-state index contributed by atoms with van der Waals surface area (Å²) in [4.78, 5) is 14.0. The summed E-state index contributed by atoms with van der Waals surface area (Å²) >= 11 is 0. The molecule has 2 aromatic carbocycles. The van der Waals surface area contributed by atoms with Crippen molar-refractivity contribution in [2.75, 3.05) is 32.1 Å². The molecule has 0 aromatic heterocycles. The monoisotopic (exact) mass is 337 g/mol. The second-order valence-electron chi connectivity index (χ2n) is 5.94. The predicted molar refractivity (Wildman–Crippen MR) is 93.6 cm³/mol. The molecule has 6 heteroatoms. The third-order valence-electron chi connectivity index (χ3n) is 3.77. The summed E-state index contributed by atoms with van der Waals surface area (Å²) in [5.74, 6) is 1.33. The van der Waals surface area contributed by atoms with Crippen LogP contribution in [0.15, 0.2) is 48.5 Å². The number of likely N-dealkylation sites (N-methyl/N-ethyl adjacent to an activating group) is 1. The summed E-state index contributed by atoms with van der Waals surface area (Å²) in [6, 6.07) is 16.4. The molecule has 3 rings (SSSR count). The first kappa shape index (κ1) is 16.8. The van der Waals surface area contributed by atoms with Crippen LogP contribution in [-0.4, -0.2) is 43.7 Å². The molecule has 6 nitrogen and oxygen atoms in total. The molecule has 0 aliphatic carbocycles. The van der Waals surface area contributed by atoms with Gasteiger partial charge in [0.15, 0.2) is 11.5 Å². The van der Waals surface area contributed by atoms with Gasteiger partial charge in [0.25, 0.3) is 0 Å². The van der Waals surface area contributed by atoms with Gasteiger partial charge in [-0.2, -0.15) is 5.26 Å². The van der Waals surface area contributed by atoms with E-state index < -0.39 is 0 Å². The lowest BCUT2D eigenvalue weighted by atomic mass is 10.2. The Balaban J connectivity index is 1.50. The number of hydrogen-bond acceptors (Lipinski definition) is 5. The number of nitriles is 1. The molecule has 128 valence electrons. The minimum Gasteiger partial charge on any atom is -0.486 e. The van der Waals surface area contributed by atoms with E-state index in [1.807, 2.05) is 36.2 Å². The first-order valence-electron chi connectivity index (χ1n) is 8.01. The molecule has 0 saturated heterocycles. The van der Waals surface area contributed by atoms with E-state index >= 15 is 0 Å². The Morgan fingerprint density at radius 3 is 2.88 bits per heavy atom. The number of ether oxygens (including phenoxy) is 2. The highest BCUT2D eigenvalue weighted by Crippen LogP contribution is 2.30. The van der Waals surface area contributed by atoms with Crippen LogP contribution >= 0.6 is 0 Å². The van der Waals surface area contributed by atoms with Crippen LogP contribution in [0.25, 0.3) is 0 Å². The van der Waals surface area contributed by atoms with Gasteiger partial charge in [0.05, 0.1) is 18.2 Å². The summed E-state index contributed by atoms with van der Waals surface area (Å²) in [5.41, 5.74) is 1.13. The molecule has 1 heterocycles. The molecule has 0 bridgehead atoms. The second kappa shape index (κ2) is 7.69. The topological polar surface area (TPSA) is 74.6 Å². The zero-order chi connectivity index (χ0) is 17.6. The average Bonchev–Trinajstić information content (AvgIpc) is 2.61. The van der Waals surface area contributed by atoms with E-state index in [1.54, 1.807) is 24.3 Å². The van der Waals surface area contributed by atoms with Crippen molar-refractivity contribution in [1.29, 1.82) is 5.26 Å². The van der Waals surface area contributed by atoms with Gasteiger partial charge in [-0.05, 0) is 37.4 Å². The van der Waals surface area contributed by atoms with Crippen molar-refractivity contribution in [2.24, 2.45) is 0 Å². The van der Waals surface area contributed by atoms with Crippen LogP contribution in [0.4, 0.5) is 5.69 Å². The molecular formula is C19H19N3O3. The number of hydrogen-bond donors (Lipinski definition) is 1. The van der Waals surface area contributed by atoms with Gasteiger partial charge in [0.2, 0.25) is 5.91 Å². The number of anilines is 1. The molecule has 0 fully saturated rings. The maximum Gasteiger partial charge on any atom is 0.238 e. The highest BCUT2D eigenvalue weighted by molar-refractivity contribution is 5.92. The normalized spacial score (nSPS) is 15.5. The molecule has 0 radical (unpaired) electrons. The lowest BCUT2D eigenvalue weighted by molar-refractivity contribution is -0.117. The minimum atomic E-state index is -0.144. The number of rotatable bonds is 5. The maximum atomic E-state index is 12.2. The van der Waals surface area contributed by atoms with E-state index in [2.05, 4.69) is 11.4 Å². The molecule has 2 aromatic rings. The second-order valence-corrected chi connectivity index (χ2v) is 5.94. The van der Waals surface area contributed by atoms with E-state index in [1.165, 1.54) is 0 Å². The van der Waals surface area contributed by atoms with Gasteiger partial charge < -0.3 is 14.8 Å². The van der Waals surface area contributed by atoms with E-state index in [0.29, 0.717) is 24.4 Å². The van der Waals surface area contributed by atoms with Crippen molar-refractivity contribution >= 4 is 11.6 Å². The van der Waals surface area contributed by atoms with Gasteiger partial charge in [0.1, 0.15) is 12.7 Å². The summed E-state index contributed by atoms with van der Waals surface area (Å²) in [6.07, 6.45) is -0.130. The van der Waals surface area contributed by atoms with Crippen molar-refractivity contribution in [3.63, 3.8) is 0 Å². The largest absolute Gasteiger partial charge is 0.486 e. The number of carbonyl (C=O) groups excluding carboxylic acids is 1. The quantitative estimate of drug-likeness (QED) is 0.906. The number of nitrogens with one attached hydrogen (secondary N) is 1. The number of nitrogens with zero attached hydrogens (tertiary/aromatic N) is 2. The average molecular weight is 337 g/mol. The molecule has 0 saturated carbocycles. The Hall–Kier alpha value is -3.04. The van der Waals surface area contributed by atoms with Crippen LogP contribution in [0.1, 0.15) is 5.56 Å². The lowest BCUT2D eigenvalue weighted by Gasteiger charge is -2.29. The molecule has 0 spiro atoms. The third-order valence-corrected chi connectivity index (χ3v) is 3.77. The minimum absolute atomic E-state index is 0.130. The Morgan fingerprint density at radius 2 is 2.08 bits per heavy atom. The van der Waals surface area contributed by atoms with Gasteiger partial charge in [-0.25, -0.2) is 0 Å². The zero-order valence-electron chi connectivity index (χ0n) is 13.9. The molecule has 0 unspecified atom stereocenters. The Bertz CT molecular complexity index is 800. The molecule has 1 N–H and O–H groups in total. The fourth-order valence-corrected chi connectivity index (χ4v) is 2.68. The fraction of sp³-hybridized carbons (Fsp3) is 0.263. The van der Waals surface area contributed by atoms with Crippen LogP contribution in [0.3, 0.4) is 0 Å². The van der Waals surface area contributed by atoms with E-state index in [-0.39, 0.29) is 18.6 Å². The first-order valence-corrected chi connectivity index (χ1v) is 8.01. The van der Waals surface area contributed by atoms with Crippen molar-refractivity contribution < 1.29 is 14.3 Å². The summed E-state index contributed by atoms with van der Waals surface area (Å²) in [5, 5.41) is 11.7. The van der Waals surface area contributed by atoms with Crippen molar-refractivity contribution in [1.82, 2.24) is 4.90 Å². The Morgan fingerprint density at radius 1 is 1.28 bits per heavy atom. The highest BCUT2D eigenvalue weighted by Gasteiger charge is 2.22. The molecule has 1 aliphatic rings. The number of para-hydroxylation sites is 2. The van der Waals surface area contributed by atoms with Crippen molar-refractivity contribution in [3.8, 4) is 17.6 Å². The zero-order valence-corrected chi connectivity index (χ0v) is 13.9. The van der Waals surface area contributed by atoms with Crippen LogP contribution in [0.2, 0.25) is 0 Å². The molecule has 25 heavy (non-hydrogen) atoms. The molecule has 1 aliphatic heterocycles. The summed E-state index contributed by atoms with van der Waals surface area (Å²) in [6.45, 7) is 1.24. The Labute approximate surface area is 146 Å². The molecular weight excluding hydrogens is 318 g/mol. The third kappa shape index (κ3) is 4.49. The lowest BCUT2D eigenvalue weighted by Crippen LogP contribution is -2.42. The van der Waals surface area contributed by atoms with Gasteiger partial charge in [-0.15, -0.1) is 0 Å². The van der Waals surface area contributed by atoms with E-state index in [0.717, 1.165) is 11.5 Å². The van der Waals surface area contributed by atoms with Gasteiger partial charge >= 0.3 is 0 Å². The number of benzene rings is 2. The first-order chi connectivity index (χ1) is 12.1. The van der Waals surface area contributed by atoms with E-state index in [4.69, 9.17) is 14.7 Å². The van der Waals surface area contributed by atoms with E-state index in [9.17, 15) is 4.79 Å². The SMILES string of the molecule is CN(CC(=O)Nc1cccc(C#N)c1)C[C@@H]1COc2ccccc2O1. The van der Waals surface area contributed by atoms with Crippen molar-refractivity contribution in [2.45, 2.75) is 6.10 Å². The van der Waals surface area contributed by atoms with Crippen LogP contribution in [0.5, 0.6) is 11.5 Å². The molecule has 1 amide bonds. The predicted octanol–water partition coefficient (Wildman–Crippen LogP) is 2.27. The van der Waals surface area contributed by atoms with Gasteiger partial charge in [-0.3, -0.25) is 9.69 Å². The van der Waals surface area contributed by atoms with Crippen LogP contribution < -0.4 is 14.8 Å². The van der Waals surface area contributed by atoms with Gasteiger partial charge in [0, 0.05) is 12.2 Å². The smallest absolute Gasteiger partial charge is 0.238 e. The van der Waals surface area contributed by atoms with Crippen molar-refractivity contribution in [3.05, 3.63) is 54.1 Å². The summed E-state index contributed by atoms with van der Waals surface area (Å²) in [7, 11) is 1.86. The summed E-state index contributed by atoms with van der Waals surface area (Å²) < 4.78 is 11.6. The number of carbonyl (C=O) groups is 1. The fourth-order valence-electron chi connectivity index (χ4n) is 2.68. The number of amides is 1. The standard InChI is InChI=1S/C19H19N3O3/c1-22(11-16-13-24-17-7-2-3-8-18(17)25-16)12-19(23)21-15-6-4-5-14(9-15)10-20/h2-9,16H,11-13H2,1H3,(H,21,23)/t16-/m1/s1. The highest BCUT2D eigenvalue weighted by atomic mass is 16.6.